The second-order valence-corrected chi connectivity index (χ2v) is 4.36. The number of aromatic nitrogens is 4. The lowest BCUT2D eigenvalue weighted by Crippen LogP contribution is -2.01. The number of imidazole rings is 1. The van der Waals surface area contributed by atoms with Crippen LogP contribution in [0.25, 0.3) is 11.2 Å². The third-order valence-corrected chi connectivity index (χ3v) is 2.79. The van der Waals surface area contributed by atoms with E-state index in [2.05, 4.69) is 36.3 Å². The fourth-order valence-corrected chi connectivity index (χ4v) is 1.83. The average molecular weight is 249 g/mol. The Hall–Kier alpha value is -1.48. The van der Waals surface area contributed by atoms with Gasteiger partial charge in [0.2, 0.25) is 5.95 Å². The monoisotopic (exact) mass is 249 g/mol. The number of nitrogens with two attached hydrogens (primary N) is 1. The molecule has 0 bridgehead atoms. The first kappa shape index (κ1) is 12.0. The number of rotatable bonds is 4. The number of hydrogen-bond acceptors (Lipinski definition) is 4. The number of fused-ring (bicyclic) bond motifs is 1. The maximum atomic E-state index is 5.65. The molecule has 0 fully saturated rings. The summed E-state index contributed by atoms with van der Waals surface area (Å²) < 4.78 is 1.97. The molecular weight excluding hydrogens is 233 g/mol. The molecule has 5 nitrogen and oxygen atoms in total. The van der Waals surface area contributed by atoms with Crippen molar-refractivity contribution in [2.45, 2.75) is 19.9 Å². The summed E-state index contributed by atoms with van der Waals surface area (Å²) in [5.41, 5.74) is 8.08. The van der Waals surface area contributed by atoms with E-state index in [0.29, 0.717) is 5.95 Å². The van der Waals surface area contributed by atoms with E-state index in [1.807, 2.05) is 11.5 Å². The summed E-state index contributed by atoms with van der Waals surface area (Å²) in [6.07, 6.45) is 8.18. The topological polar surface area (TPSA) is 69.6 Å². The van der Waals surface area contributed by atoms with Gasteiger partial charge < -0.3 is 10.3 Å². The van der Waals surface area contributed by atoms with Gasteiger partial charge in [0, 0.05) is 6.54 Å². The third-order valence-electron chi connectivity index (χ3n) is 2.46. The zero-order valence-electron chi connectivity index (χ0n) is 9.80. The number of nitrogen functional groups attached to an aromatic ring is 1. The van der Waals surface area contributed by atoms with Crippen LogP contribution in [0.4, 0.5) is 5.95 Å². The highest BCUT2D eigenvalue weighted by molar-refractivity contribution is 7.16. The summed E-state index contributed by atoms with van der Waals surface area (Å²) in [7, 11) is 2.70. The van der Waals surface area contributed by atoms with Crippen molar-refractivity contribution in [2.75, 3.05) is 11.9 Å². The maximum Gasteiger partial charge on any atom is 0.222 e. The SMILES string of the molecule is Cc1nc(N)nc2c1ncn2C/C=C\CCP. The van der Waals surface area contributed by atoms with E-state index in [4.69, 9.17) is 5.73 Å². The van der Waals surface area contributed by atoms with E-state index >= 15 is 0 Å². The van der Waals surface area contributed by atoms with E-state index in [1.54, 1.807) is 6.33 Å². The number of nitrogens with zero attached hydrogens (tertiary/aromatic N) is 4. The van der Waals surface area contributed by atoms with Gasteiger partial charge in [-0.05, 0) is 19.5 Å². The van der Waals surface area contributed by atoms with Crippen molar-refractivity contribution < 1.29 is 0 Å². The Labute approximate surface area is 102 Å². The minimum Gasteiger partial charge on any atom is -0.368 e. The summed E-state index contributed by atoms with van der Waals surface area (Å²) in [6, 6.07) is 0. The van der Waals surface area contributed by atoms with Gasteiger partial charge in [-0.25, -0.2) is 9.97 Å². The number of allylic oxidation sites excluding steroid dienone is 2. The molecule has 0 aromatic carbocycles. The van der Waals surface area contributed by atoms with Gasteiger partial charge in [0.25, 0.3) is 0 Å². The van der Waals surface area contributed by atoms with Gasteiger partial charge in [-0.1, -0.05) is 12.2 Å². The van der Waals surface area contributed by atoms with Crippen molar-refractivity contribution in [1.29, 1.82) is 0 Å². The van der Waals surface area contributed by atoms with Crippen LogP contribution in [0.15, 0.2) is 18.5 Å². The quantitative estimate of drug-likeness (QED) is 0.659. The van der Waals surface area contributed by atoms with Crippen LogP contribution in [-0.4, -0.2) is 25.7 Å². The van der Waals surface area contributed by atoms with Gasteiger partial charge >= 0.3 is 0 Å². The lowest BCUT2D eigenvalue weighted by atomic mass is 10.4. The van der Waals surface area contributed by atoms with E-state index in [0.717, 1.165) is 36.0 Å². The molecule has 0 saturated carbocycles. The van der Waals surface area contributed by atoms with Crippen LogP contribution in [-0.2, 0) is 6.54 Å². The average Bonchev–Trinajstić information content (AvgIpc) is 2.68. The molecule has 0 spiro atoms. The Kier molecular flexibility index (Phi) is 3.69. The summed E-state index contributed by atoms with van der Waals surface area (Å²) in [5, 5.41) is 0. The van der Waals surface area contributed by atoms with Crippen molar-refractivity contribution >= 4 is 26.4 Å². The van der Waals surface area contributed by atoms with E-state index < -0.39 is 0 Å². The normalized spacial score (nSPS) is 11.6. The summed E-state index contributed by atoms with van der Waals surface area (Å²) in [6.45, 7) is 2.65. The molecule has 2 aromatic rings. The molecule has 0 aliphatic heterocycles. The number of aryl methyl sites for hydroxylation is 1. The standard InChI is InChI=1S/C11H16N5P/c1-8-9-10(15-11(12)14-8)16(7-13-9)5-3-2-4-6-17/h2-3,7H,4-6,17H2,1H3,(H2,12,14,15)/b3-2-. The van der Waals surface area contributed by atoms with Crippen molar-refractivity contribution in [1.82, 2.24) is 19.5 Å². The highest BCUT2D eigenvalue weighted by atomic mass is 31.0. The second kappa shape index (κ2) is 5.23. The zero-order valence-corrected chi connectivity index (χ0v) is 11.0. The molecule has 0 aliphatic carbocycles. The minimum absolute atomic E-state index is 0.297. The van der Waals surface area contributed by atoms with Crippen LogP contribution in [0.1, 0.15) is 12.1 Å². The molecule has 0 saturated heterocycles. The van der Waals surface area contributed by atoms with E-state index in [-0.39, 0.29) is 0 Å². The van der Waals surface area contributed by atoms with Crippen molar-refractivity contribution in [3.8, 4) is 0 Å². The summed E-state index contributed by atoms with van der Waals surface area (Å²) >= 11 is 0. The maximum absolute atomic E-state index is 5.65. The van der Waals surface area contributed by atoms with Crippen LogP contribution in [0.5, 0.6) is 0 Å². The molecule has 0 amide bonds. The number of hydrogen-bond donors (Lipinski definition) is 1. The summed E-state index contributed by atoms with van der Waals surface area (Å²) in [5.74, 6) is 0.297. The van der Waals surface area contributed by atoms with Crippen molar-refractivity contribution in [2.24, 2.45) is 0 Å². The van der Waals surface area contributed by atoms with Gasteiger partial charge in [0.1, 0.15) is 5.52 Å². The van der Waals surface area contributed by atoms with E-state index in [9.17, 15) is 0 Å². The summed E-state index contributed by atoms with van der Waals surface area (Å²) in [4.78, 5) is 12.6. The molecule has 1 atom stereocenters. The Morgan fingerprint density at radius 2 is 2.24 bits per heavy atom. The van der Waals surface area contributed by atoms with Gasteiger partial charge in [-0.2, -0.15) is 4.98 Å². The minimum atomic E-state index is 0.297. The molecule has 2 rings (SSSR count). The fourth-order valence-electron chi connectivity index (χ4n) is 1.64. The predicted octanol–water partition coefficient (Wildman–Crippen LogP) is 1.54. The first-order valence-electron chi connectivity index (χ1n) is 5.52. The predicted molar refractivity (Wildman–Crippen MR) is 72.8 cm³/mol. The molecule has 0 radical (unpaired) electrons. The highest BCUT2D eigenvalue weighted by Crippen LogP contribution is 2.14. The van der Waals surface area contributed by atoms with Crippen molar-refractivity contribution in [3.05, 3.63) is 24.2 Å². The number of anilines is 1. The van der Waals surface area contributed by atoms with Gasteiger partial charge in [-0.3, -0.25) is 0 Å². The Bertz CT molecular complexity index is 546. The molecule has 90 valence electrons. The molecule has 2 aromatic heterocycles. The van der Waals surface area contributed by atoms with Crippen LogP contribution in [0.3, 0.4) is 0 Å². The smallest absolute Gasteiger partial charge is 0.222 e. The largest absolute Gasteiger partial charge is 0.368 e. The Morgan fingerprint density at radius 3 is 3.00 bits per heavy atom. The van der Waals surface area contributed by atoms with Crippen LogP contribution >= 0.6 is 9.24 Å². The van der Waals surface area contributed by atoms with Gasteiger partial charge in [0.15, 0.2) is 5.65 Å². The molecule has 2 N–H and O–H groups in total. The van der Waals surface area contributed by atoms with Gasteiger partial charge in [-0.15, -0.1) is 9.24 Å². The Balaban J connectivity index is 2.29. The molecular formula is C11H16N5P. The lowest BCUT2D eigenvalue weighted by Gasteiger charge is -2.00. The highest BCUT2D eigenvalue weighted by Gasteiger charge is 2.07. The molecule has 1 unspecified atom stereocenters. The van der Waals surface area contributed by atoms with Crippen molar-refractivity contribution in [3.63, 3.8) is 0 Å². The first-order chi connectivity index (χ1) is 8.22. The second-order valence-electron chi connectivity index (χ2n) is 3.79. The molecule has 17 heavy (non-hydrogen) atoms. The third kappa shape index (κ3) is 2.61. The molecule has 0 aliphatic rings. The molecule has 2 heterocycles. The lowest BCUT2D eigenvalue weighted by molar-refractivity contribution is 0.834. The van der Waals surface area contributed by atoms with E-state index in [1.165, 1.54) is 0 Å². The zero-order chi connectivity index (χ0) is 12.3. The van der Waals surface area contributed by atoms with Crippen LogP contribution in [0.2, 0.25) is 0 Å². The molecule has 6 heteroatoms. The Morgan fingerprint density at radius 1 is 1.41 bits per heavy atom. The fraction of sp³-hybridized carbons (Fsp3) is 0.364. The van der Waals surface area contributed by atoms with Gasteiger partial charge in [0.05, 0.1) is 12.0 Å². The van der Waals surface area contributed by atoms with Crippen LogP contribution < -0.4 is 5.73 Å². The first-order valence-corrected chi connectivity index (χ1v) is 6.34. The van der Waals surface area contributed by atoms with Crippen LogP contribution in [0, 0.1) is 6.92 Å².